The zero-order valence-corrected chi connectivity index (χ0v) is 37.3. The lowest BCUT2D eigenvalue weighted by atomic mass is 9.77. The number of thiazole rings is 1. The molecule has 2 amide bonds. The number of benzene rings is 5. The first-order valence-electron chi connectivity index (χ1n) is 21.0. The standard InChI is InChI=1S/C50H45N5O6S3/c1-59-54-41(39-31-64-49(51-39)53-50(35-22-11-4-12-23-35,36-24-13-5-14-25-36)37-26-15-6-16-27-37)45(56)52-42-46(57)55-43(40(32-63-47(42)55)62-30-38-28-17-29-60-38)48(58)61-44(33-18-7-2-8-19-33)34-20-9-3-10-21-34/h2-16,18-27,31,38,42,44,47H,17,28-30,32H2,1H3,(H,51,53)(H,52,56)/b54-41-. The molecular weight excluding hydrogens is 863 g/mol. The van der Waals surface area contributed by atoms with Crippen LogP contribution in [0, 0.1) is 0 Å². The van der Waals surface area contributed by atoms with Crippen LogP contribution in [0.4, 0.5) is 5.13 Å². The Kier molecular flexibility index (Phi) is 13.3. The molecule has 11 nitrogen and oxygen atoms in total. The molecule has 5 aromatic carbocycles. The molecule has 3 aliphatic rings. The summed E-state index contributed by atoms with van der Waals surface area (Å²) >= 11 is 4.33. The Hall–Kier alpha value is -6.19. The van der Waals surface area contributed by atoms with Crippen LogP contribution in [-0.2, 0) is 34.2 Å². The summed E-state index contributed by atoms with van der Waals surface area (Å²) in [4.78, 5) is 55.3. The van der Waals surface area contributed by atoms with Crippen LogP contribution in [-0.4, -0.2) is 76.1 Å². The van der Waals surface area contributed by atoms with Gasteiger partial charge in [0.25, 0.3) is 11.8 Å². The van der Waals surface area contributed by atoms with Gasteiger partial charge in [0.05, 0.1) is 6.10 Å². The number of nitrogens with one attached hydrogen (secondary N) is 2. The highest BCUT2D eigenvalue weighted by Gasteiger charge is 2.55. The van der Waals surface area contributed by atoms with Crippen LogP contribution < -0.4 is 10.6 Å². The number of nitrogens with zero attached hydrogens (tertiary/aromatic N) is 3. The highest BCUT2D eigenvalue weighted by atomic mass is 32.2. The maximum absolute atomic E-state index is 14.5. The Morgan fingerprint density at radius 2 is 1.42 bits per heavy atom. The molecule has 6 aromatic rings. The SMILES string of the molecule is CO/N=C(\C(=O)NC1C(=O)N2C(C(=O)OC(c3ccccc3)c3ccccc3)=C(SCC3CCCO3)CSC12)c1csc(NC(c2ccccc2)(c2ccccc2)c2ccccc2)n1. The van der Waals surface area contributed by atoms with Gasteiger partial charge in [-0.2, -0.15) is 0 Å². The predicted molar refractivity (Wildman–Crippen MR) is 253 cm³/mol. The van der Waals surface area contributed by atoms with Gasteiger partial charge < -0.3 is 24.9 Å². The van der Waals surface area contributed by atoms with E-state index < -0.39 is 40.8 Å². The van der Waals surface area contributed by atoms with E-state index in [4.69, 9.17) is 19.3 Å². The van der Waals surface area contributed by atoms with E-state index in [1.54, 1.807) is 5.38 Å². The molecule has 324 valence electrons. The molecule has 9 rings (SSSR count). The molecule has 0 radical (unpaired) electrons. The number of hydrogen-bond donors (Lipinski definition) is 2. The van der Waals surface area contributed by atoms with Gasteiger partial charge in [0.15, 0.2) is 16.9 Å². The first-order chi connectivity index (χ1) is 31.4. The minimum Gasteiger partial charge on any atom is -0.448 e. The zero-order valence-electron chi connectivity index (χ0n) is 34.9. The molecule has 64 heavy (non-hydrogen) atoms. The summed E-state index contributed by atoms with van der Waals surface area (Å²) in [7, 11) is 1.36. The van der Waals surface area contributed by atoms with Gasteiger partial charge >= 0.3 is 5.97 Å². The Labute approximate surface area is 384 Å². The smallest absolute Gasteiger partial charge is 0.356 e. The molecule has 3 atom stereocenters. The topological polar surface area (TPSA) is 131 Å². The number of amides is 2. The second kappa shape index (κ2) is 19.7. The highest BCUT2D eigenvalue weighted by molar-refractivity contribution is 8.06. The minimum atomic E-state index is -0.954. The summed E-state index contributed by atoms with van der Waals surface area (Å²) in [6.45, 7) is 0.709. The maximum atomic E-state index is 14.5. The molecule has 3 unspecified atom stereocenters. The lowest BCUT2D eigenvalue weighted by Gasteiger charge is -2.49. The molecule has 0 spiro atoms. The first-order valence-corrected chi connectivity index (χ1v) is 23.9. The van der Waals surface area contributed by atoms with Crippen molar-refractivity contribution in [3.63, 3.8) is 0 Å². The van der Waals surface area contributed by atoms with Crippen LogP contribution in [0.5, 0.6) is 0 Å². The number of carbonyl (C=O) groups excluding carboxylic acids is 3. The molecule has 0 bridgehead atoms. The van der Waals surface area contributed by atoms with Gasteiger partial charge in [0, 0.05) is 28.4 Å². The van der Waals surface area contributed by atoms with E-state index in [0.29, 0.717) is 23.2 Å². The monoisotopic (exact) mass is 907 g/mol. The van der Waals surface area contributed by atoms with Gasteiger partial charge in [0.1, 0.15) is 35.5 Å². The van der Waals surface area contributed by atoms with E-state index in [-0.39, 0.29) is 23.2 Å². The third-order valence-electron chi connectivity index (χ3n) is 11.4. The first kappa shape index (κ1) is 43.1. The minimum absolute atomic E-state index is 0.0596. The van der Waals surface area contributed by atoms with Crippen molar-refractivity contribution >= 4 is 63.5 Å². The van der Waals surface area contributed by atoms with Crippen molar-refractivity contribution in [2.24, 2.45) is 5.16 Å². The Balaban J connectivity index is 0.973. The fraction of sp³-hybridized carbons (Fsp3) is 0.220. The van der Waals surface area contributed by atoms with E-state index in [0.717, 1.165) is 45.6 Å². The number of ether oxygens (including phenoxy) is 2. The van der Waals surface area contributed by atoms with Crippen molar-refractivity contribution in [3.8, 4) is 0 Å². The van der Waals surface area contributed by atoms with Crippen molar-refractivity contribution in [2.75, 3.05) is 30.5 Å². The second-order valence-electron chi connectivity index (χ2n) is 15.3. The van der Waals surface area contributed by atoms with E-state index in [1.807, 2.05) is 115 Å². The third kappa shape index (κ3) is 8.83. The summed E-state index contributed by atoms with van der Waals surface area (Å²) in [6, 6.07) is 48.6. The quantitative estimate of drug-likeness (QED) is 0.0320. The highest BCUT2D eigenvalue weighted by Crippen LogP contribution is 2.45. The third-order valence-corrected chi connectivity index (χ3v) is 14.8. The largest absolute Gasteiger partial charge is 0.448 e. The van der Waals surface area contributed by atoms with Crippen molar-refractivity contribution < 1.29 is 28.7 Å². The van der Waals surface area contributed by atoms with Crippen LogP contribution >= 0.6 is 34.9 Å². The van der Waals surface area contributed by atoms with Gasteiger partial charge in [-0.15, -0.1) is 34.9 Å². The predicted octanol–water partition coefficient (Wildman–Crippen LogP) is 8.75. The number of anilines is 1. The van der Waals surface area contributed by atoms with Crippen LogP contribution in [0.3, 0.4) is 0 Å². The number of hydrogen-bond acceptors (Lipinski definition) is 12. The zero-order chi connectivity index (χ0) is 43.9. The number of fused-ring (bicyclic) bond motifs is 1. The van der Waals surface area contributed by atoms with Gasteiger partial charge in [0.2, 0.25) is 0 Å². The molecule has 1 aromatic heterocycles. The normalized spacial score (nSPS) is 18.6. The fourth-order valence-corrected chi connectivity index (χ4v) is 11.7. The number of oxime groups is 1. The Bertz CT molecular complexity index is 2490. The van der Waals surface area contributed by atoms with Crippen LogP contribution in [0.25, 0.3) is 0 Å². The van der Waals surface area contributed by atoms with Crippen LogP contribution in [0.15, 0.2) is 173 Å². The second-order valence-corrected chi connectivity index (χ2v) is 18.4. The number of esters is 1. The average Bonchev–Trinajstić information content (AvgIpc) is 4.06. The van der Waals surface area contributed by atoms with E-state index in [9.17, 15) is 14.4 Å². The lowest BCUT2D eigenvalue weighted by molar-refractivity contribution is -0.154. The summed E-state index contributed by atoms with van der Waals surface area (Å²) in [5.74, 6) is -0.601. The van der Waals surface area contributed by atoms with Gasteiger partial charge in [-0.05, 0) is 40.7 Å². The number of thioether (sulfide) groups is 2. The van der Waals surface area contributed by atoms with Crippen LogP contribution in [0.1, 0.15) is 52.5 Å². The van der Waals surface area contributed by atoms with Crippen molar-refractivity contribution in [1.82, 2.24) is 15.2 Å². The maximum Gasteiger partial charge on any atom is 0.356 e. The molecule has 14 heteroatoms. The number of rotatable bonds is 16. The molecule has 2 saturated heterocycles. The molecule has 0 aliphatic carbocycles. The molecular formula is C50H45N5O6S3. The number of β-lactam (4-membered cyclic amide) rings is 1. The van der Waals surface area contributed by atoms with Crippen molar-refractivity contribution in [2.45, 2.75) is 42.0 Å². The Morgan fingerprint density at radius 3 is 1.95 bits per heavy atom. The van der Waals surface area contributed by atoms with E-state index in [2.05, 4.69) is 52.2 Å². The van der Waals surface area contributed by atoms with Gasteiger partial charge in [-0.3, -0.25) is 14.5 Å². The van der Waals surface area contributed by atoms with E-state index in [1.165, 1.54) is 46.9 Å². The summed E-state index contributed by atoms with van der Waals surface area (Å²) in [6.07, 6.45) is 1.27. The molecule has 0 saturated carbocycles. The van der Waals surface area contributed by atoms with Gasteiger partial charge in [-0.1, -0.05) is 157 Å². The van der Waals surface area contributed by atoms with E-state index >= 15 is 0 Å². The van der Waals surface area contributed by atoms with Crippen LogP contribution in [0.2, 0.25) is 0 Å². The van der Waals surface area contributed by atoms with Crippen molar-refractivity contribution in [1.29, 1.82) is 0 Å². The number of aromatic nitrogens is 1. The molecule has 4 heterocycles. The summed E-state index contributed by atoms with van der Waals surface area (Å²) in [5, 5.41) is 12.5. The average molecular weight is 908 g/mol. The van der Waals surface area contributed by atoms with Crippen molar-refractivity contribution in [3.05, 3.63) is 201 Å². The summed E-state index contributed by atoms with van der Waals surface area (Å²) < 4.78 is 12.3. The lowest BCUT2D eigenvalue weighted by Crippen LogP contribution is -2.71. The fourth-order valence-electron chi connectivity index (χ4n) is 8.29. The molecule has 2 N–H and O–H groups in total. The Morgan fingerprint density at radius 1 is 0.859 bits per heavy atom. The molecule has 3 aliphatic heterocycles. The van der Waals surface area contributed by atoms with Gasteiger partial charge in [-0.25, -0.2) is 9.78 Å². The summed E-state index contributed by atoms with van der Waals surface area (Å²) in [5.41, 5.74) is 4.09. The number of carbonyl (C=O) groups is 3. The molecule has 2 fully saturated rings.